The number of rotatable bonds is 3. The Balaban J connectivity index is 1.87. The zero-order chi connectivity index (χ0) is 11.4. The summed E-state index contributed by atoms with van der Waals surface area (Å²) in [6.07, 6.45) is 4.33. The number of carbonyl (C=O) groups excluding carboxylic acids is 1. The lowest BCUT2D eigenvalue weighted by Gasteiger charge is -2.33. The molecule has 0 bridgehead atoms. The van der Waals surface area contributed by atoms with Gasteiger partial charge in [-0.3, -0.25) is 4.79 Å². The number of nitrogens with one attached hydrogen (secondary N) is 2. The van der Waals surface area contributed by atoms with Crippen LogP contribution in [-0.2, 0) is 11.3 Å². The van der Waals surface area contributed by atoms with Crippen LogP contribution in [0.15, 0.2) is 10.9 Å². The highest BCUT2D eigenvalue weighted by Gasteiger charge is 2.33. The highest BCUT2D eigenvalue weighted by atomic mass is 16.5. The van der Waals surface area contributed by atoms with Crippen LogP contribution in [0.5, 0.6) is 0 Å². The molecule has 0 saturated carbocycles. The number of piperidine rings is 1. The molecule has 0 radical (unpaired) electrons. The van der Waals surface area contributed by atoms with Gasteiger partial charge in [0.1, 0.15) is 0 Å². The first-order valence-electron chi connectivity index (χ1n) is 5.49. The van der Waals surface area contributed by atoms with Gasteiger partial charge in [0, 0.05) is 0 Å². The van der Waals surface area contributed by atoms with Crippen molar-refractivity contribution < 1.29 is 9.32 Å². The Morgan fingerprint density at radius 2 is 2.56 bits per heavy atom. The van der Waals surface area contributed by atoms with Crippen molar-refractivity contribution in [3.63, 3.8) is 0 Å². The largest absolute Gasteiger partial charge is 0.347 e. The average Bonchev–Trinajstić information content (AvgIpc) is 2.79. The van der Waals surface area contributed by atoms with Gasteiger partial charge in [-0.1, -0.05) is 5.16 Å². The van der Waals surface area contributed by atoms with E-state index in [0.29, 0.717) is 12.4 Å². The average molecular weight is 224 g/mol. The summed E-state index contributed by atoms with van der Waals surface area (Å²) >= 11 is 0. The summed E-state index contributed by atoms with van der Waals surface area (Å²) < 4.78 is 4.59. The minimum absolute atomic E-state index is 0.00278. The fourth-order valence-corrected chi connectivity index (χ4v) is 1.87. The molecular weight excluding hydrogens is 208 g/mol. The lowest BCUT2D eigenvalue weighted by atomic mass is 9.90. The second-order valence-electron chi connectivity index (χ2n) is 4.25. The molecule has 2 rings (SSSR count). The van der Waals surface area contributed by atoms with Crippen molar-refractivity contribution in [3.8, 4) is 0 Å². The van der Waals surface area contributed by atoms with E-state index >= 15 is 0 Å². The number of carbonyl (C=O) groups is 1. The van der Waals surface area contributed by atoms with Crippen LogP contribution in [0.3, 0.4) is 0 Å². The first kappa shape index (κ1) is 11.1. The molecule has 1 fully saturated rings. The molecule has 1 amide bonds. The molecule has 0 spiro atoms. The van der Waals surface area contributed by atoms with E-state index < -0.39 is 5.54 Å². The van der Waals surface area contributed by atoms with Crippen LogP contribution >= 0.6 is 0 Å². The van der Waals surface area contributed by atoms with Gasteiger partial charge < -0.3 is 15.2 Å². The molecule has 6 heteroatoms. The van der Waals surface area contributed by atoms with E-state index in [9.17, 15) is 4.79 Å². The highest BCUT2D eigenvalue weighted by Crippen LogP contribution is 2.18. The van der Waals surface area contributed by atoms with Gasteiger partial charge in [-0.15, -0.1) is 0 Å². The Morgan fingerprint density at radius 1 is 1.69 bits per heavy atom. The van der Waals surface area contributed by atoms with E-state index in [1.165, 1.54) is 6.39 Å². The van der Waals surface area contributed by atoms with Crippen molar-refractivity contribution in [2.75, 3.05) is 6.54 Å². The molecule has 1 aliphatic rings. The Morgan fingerprint density at radius 3 is 3.19 bits per heavy atom. The summed E-state index contributed by atoms with van der Waals surface area (Å²) in [6.45, 7) is 3.14. The monoisotopic (exact) mass is 224 g/mol. The zero-order valence-electron chi connectivity index (χ0n) is 9.32. The van der Waals surface area contributed by atoms with Crippen molar-refractivity contribution >= 4 is 5.91 Å². The second-order valence-corrected chi connectivity index (χ2v) is 4.25. The molecule has 6 nitrogen and oxygen atoms in total. The third kappa shape index (κ3) is 2.38. The van der Waals surface area contributed by atoms with Crippen LogP contribution in [-0.4, -0.2) is 28.1 Å². The third-order valence-electron chi connectivity index (χ3n) is 2.93. The van der Waals surface area contributed by atoms with Crippen LogP contribution in [0.4, 0.5) is 0 Å². The maximum absolute atomic E-state index is 12.0. The number of hydrogen-bond donors (Lipinski definition) is 2. The number of hydrogen-bond acceptors (Lipinski definition) is 5. The second kappa shape index (κ2) is 4.61. The van der Waals surface area contributed by atoms with Crippen LogP contribution in [0.25, 0.3) is 0 Å². The first-order chi connectivity index (χ1) is 7.71. The molecule has 0 aliphatic carbocycles. The van der Waals surface area contributed by atoms with E-state index in [0.717, 1.165) is 25.8 Å². The molecular formula is C10H16N4O2. The summed E-state index contributed by atoms with van der Waals surface area (Å²) in [5.74, 6) is 0.491. The quantitative estimate of drug-likeness (QED) is 0.767. The number of nitrogens with zero attached hydrogens (tertiary/aromatic N) is 2. The van der Waals surface area contributed by atoms with E-state index in [1.807, 2.05) is 6.92 Å². The summed E-state index contributed by atoms with van der Waals surface area (Å²) in [5.41, 5.74) is -0.456. The van der Waals surface area contributed by atoms with Gasteiger partial charge in [-0.25, -0.2) is 0 Å². The van der Waals surface area contributed by atoms with Crippen molar-refractivity contribution in [3.05, 3.63) is 12.2 Å². The van der Waals surface area contributed by atoms with Crippen LogP contribution < -0.4 is 10.6 Å². The molecule has 1 atom stereocenters. The van der Waals surface area contributed by atoms with Crippen LogP contribution in [0.1, 0.15) is 32.0 Å². The molecule has 1 aliphatic heterocycles. The van der Waals surface area contributed by atoms with E-state index in [2.05, 4.69) is 25.3 Å². The lowest BCUT2D eigenvalue weighted by Crippen LogP contribution is -2.56. The maximum atomic E-state index is 12.0. The minimum Gasteiger partial charge on any atom is -0.347 e. The summed E-state index contributed by atoms with van der Waals surface area (Å²) in [6, 6.07) is 0. The first-order valence-corrected chi connectivity index (χ1v) is 5.49. The molecule has 2 heterocycles. The fourth-order valence-electron chi connectivity index (χ4n) is 1.87. The molecule has 0 aromatic carbocycles. The summed E-state index contributed by atoms with van der Waals surface area (Å²) in [4.78, 5) is 15.8. The Kier molecular flexibility index (Phi) is 3.19. The Bertz CT molecular complexity index is 344. The van der Waals surface area contributed by atoms with Crippen molar-refractivity contribution in [1.82, 2.24) is 20.8 Å². The Labute approximate surface area is 93.8 Å². The van der Waals surface area contributed by atoms with Gasteiger partial charge in [0.05, 0.1) is 12.1 Å². The molecule has 1 unspecified atom stereocenters. The Hall–Kier alpha value is -1.43. The predicted molar refractivity (Wildman–Crippen MR) is 56.4 cm³/mol. The van der Waals surface area contributed by atoms with Gasteiger partial charge in [0.2, 0.25) is 12.3 Å². The van der Waals surface area contributed by atoms with E-state index in [1.54, 1.807) is 0 Å². The fraction of sp³-hybridized carbons (Fsp3) is 0.700. The van der Waals surface area contributed by atoms with Gasteiger partial charge >= 0.3 is 0 Å². The minimum atomic E-state index is -0.456. The highest BCUT2D eigenvalue weighted by molar-refractivity contribution is 5.85. The van der Waals surface area contributed by atoms with Crippen LogP contribution in [0, 0.1) is 0 Å². The molecule has 1 saturated heterocycles. The topological polar surface area (TPSA) is 80.1 Å². The normalized spacial score (nSPS) is 25.3. The van der Waals surface area contributed by atoms with E-state index in [4.69, 9.17) is 0 Å². The van der Waals surface area contributed by atoms with Crippen molar-refractivity contribution in [2.24, 2.45) is 0 Å². The third-order valence-corrected chi connectivity index (χ3v) is 2.93. The van der Waals surface area contributed by atoms with Crippen molar-refractivity contribution in [1.29, 1.82) is 0 Å². The molecule has 16 heavy (non-hydrogen) atoms. The smallest absolute Gasteiger partial charge is 0.240 e. The predicted octanol–water partition coefficient (Wildman–Crippen LogP) is 0.218. The van der Waals surface area contributed by atoms with Crippen LogP contribution in [0.2, 0.25) is 0 Å². The SMILES string of the molecule is CC1(C(=O)NCc2ncon2)CCCCN1. The number of amides is 1. The molecule has 88 valence electrons. The summed E-state index contributed by atoms with van der Waals surface area (Å²) in [7, 11) is 0. The standard InChI is InChI=1S/C10H16N4O2/c1-10(4-2-3-5-13-10)9(15)11-6-8-12-7-16-14-8/h7,13H,2-6H2,1H3,(H,11,15). The van der Waals surface area contributed by atoms with Crippen molar-refractivity contribution in [2.45, 2.75) is 38.3 Å². The number of aromatic nitrogens is 2. The zero-order valence-corrected chi connectivity index (χ0v) is 9.32. The maximum Gasteiger partial charge on any atom is 0.240 e. The van der Waals surface area contributed by atoms with Gasteiger partial charge in [0.15, 0.2) is 5.82 Å². The van der Waals surface area contributed by atoms with E-state index in [-0.39, 0.29) is 5.91 Å². The van der Waals surface area contributed by atoms with Gasteiger partial charge in [0.25, 0.3) is 0 Å². The molecule has 1 aromatic heterocycles. The molecule has 1 aromatic rings. The van der Waals surface area contributed by atoms with Gasteiger partial charge in [-0.05, 0) is 32.7 Å². The van der Waals surface area contributed by atoms with Gasteiger partial charge in [-0.2, -0.15) is 4.98 Å². The summed E-state index contributed by atoms with van der Waals surface area (Å²) in [5, 5.41) is 9.69. The molecule has 2 N–H and O–H groups in total. The lowest BCUT2D eigenvalue weighted by molar-refractivity contribution is -0.128.